The third-order valence-electron chi connectivity index (χ3n) is 2.97. The summed E-state index contributed by atoms with van der Waals surface area (Å²) in [6.07, 6.45) is -2.69. The van der Waals surface area contributed by atoms with Crippen LogP contribution in [0.1, 0.15) is 0 Å². The summed E-state index contributed by atoms with van der Waals surface area (Å²) in [5.74, 6) is 0. The zero-order valence-electron chi connectivity index (χ0n) is 12.6. The second-order valence-electron chi connectivity index (χ2n) is 5.62. The zero-order valence-corrected chi connectivity index (χ0v) is 13.6. The Bertz CT molecular complexity index is 269. The van der Waals surface area contributed by atoms with Gasteiger partial charge in [0.15, 0.2) is 14.6 Å². The highest BCUT2D eigenvalue weighted by atomic mass is 28.4. The van der Waals surface area contributed by atoms with Crippen molar-refractivity contribution < 1.29 is 28.5 Å². The maximum Gasteiger partial charge on any atom is 0.184 e. The number of hydrogen-bond donors (Lipinski definition) is 1. The molecule has 0 spiro atoms. The average molecular weight is 294 g/mol. The fourth-order valence-corrected chi connectivity index (χ4v) is 3.35. The Hall–Kier alpha value is -0.0231. The van der Waals surface area contributed by atoms with Crippen LogP contribution in [0, 0.1) is 0 Å². The van der Waals surface area contributed by atoms with E-state index in [4.69, 9.17) is 23.4 Å². The van der Waals surface area contributed by atoms with E-state index in [0.29, 0.717) is 6.61 Å². The molecule has 0 bridgehead atoms. The van der Waals surface area contributed by atoms with Crippen LogP contribution in [0.3, 0.4) is 0 Å². The lowest BCUT2D eigenvalue weighted by Crippen LogP contribution is -2.62. The van der Waals surface area contributed by atoms with Gasteiger partial charge in [0.2, 0.25) is 0 Å². The molecule has 1 N–H and O–H groups in total. The molecule has 0 amide bonds. The van der Waals surface area contributed by atoms with Crippen molar-refractivity contribution in [2.45, 2.75) is 50.3 Å². The first-order valence-electron chi connectivity index (χ1n) is 6.40. The zero-order chi connectivity index (χ0) is 14.6. The topological polar surface area (TPSA) is 66.4 Å². The molecule has 19 heavy (non-hydrogen) atoms. The molecule has 5 atom stereocenters. The highest BCUT2D eigenvalue weighted by Gasteiger charge is 2.48. The van der Waals surface area contributed by atoms with Crippen molar-refractivity contribution in [3.8, 4) is 0 Å². The van der Waals surface area contributed by atoms with E-state index in [-0.39, 0.29) is 18.3 Å². The molecule has 1 aliphatic rings. The Labute approximate surface area is 116 Å². The van der Waals surface area contributed by atoms with Crippen molar-refractivity contribution in [3.05, 3.63) is 0 Å². The molecule has 6 nitrogen and oxygen atoms in total. The van der Waals surface area contributed by atoms with Crippen molar-refractivity contribution in [2.24, 2.45) is 0 Å². The normalized spacial score (nSPS) is 36.5. The van der Waals surface area contributed by atoms with E-state index in [1.165, 1.54) is 0 Å². The summed E-state index contributed by atoms with van der Waals surface area (Å²) < 4.78 is 27.5. The summed E-state index contributed by atoms with van der Waals surface area (Å²) >= 11 is 0. The van der Waals surface area contributed by atoms with E-state index in [0.717, 1.165) is 0 Å². The lowest BCUT2D eigenvalue weighted by molar-refractivity contribution is -0.291. The van der Waals surface area contributed by atoms with E-state index in [1.807, 2.05) is 0 Å². The van der Waals surface area contributed by atoms with Crippen LogP contribution in [0.25, 0.3) is 0 Å². The molecule has 0 unspecified atom stereocenters. The third-order valence-corrected chi connectivity index (χ3v) is 3.95. The smallest absolute Gasteiger partial charge is 0.184 e. The number of ether oxygens (including phenoxy) is 4. The second-order valence-corrected chi connectivity index (χ2v) is 10.1. The molecule has 1 aliphatic heterocycles. The van der Waals surface area contributed by atoms with Crippen molar-refractivity contribution in [1.29, 1.82) is 0 Å². The first-order valence-corrected chi connectivity index (χ1v) is 9.80. The van der Waals surface area contributed by atoms with Crippen LogP contribution in [-0.4, -0.2) is 72.1 Å². The van der Waals surface area contributed by atoms with Gasteiger partial charge in [-0.05, 0) is 19.6 Å². The average Bonchev–Trinajstić information content (AvgIpc) is 2.30. The molecule has 0 saturated carbocycles. The minimum Gasteiger partial charge on any atom is -0.407 e. The van der Waals surface area contributed by atoms with E-state index in [1.54, 1.807) is 21.3 Å². The molecule has 0 aromatic carbocycles. The summed E-state index contributed by atoms with van der Waals surface area (Å²) in [5.41, 5.74) is 0. The van der Waals surface area contributed by atoms with Gasteiger partial charge < -0.3 is 28.5 Å². The first kappa shape index (κ1) is 17.0. The third kappa shape index (κ3) is 4.49. The summed E-state index contributed by atoms with van der Waals surface area (Å²) in [4.78, 5) is 0. The summed E-state index contributed by atoms with van der Waals surface area (Å²) in [5, 5.41) is 10.1. The van der Waals surface area contributed by atoms with Gasteiger partial charge in [-0.2, -0.15) is 0 Å². The maximum absolute atomic E-state index is 10.1. The van der Waals surface area contributed by atoms with Crippen molar-refractivity contribution >= 4 is 8.32 Å². The lowest BCUT2D eigenvalue weighted by atomic mass is 9.99. The Balaban J connectivity index is 2.87. The van der Waals surface area contributed by atoms with Gasteiger partial charge in [-0.1, -0.05) is 0 Å². The highest BCUT2D eigenvalue weighted by Crippen LogP contribution is 2.28. The van der Waals surface area contributed by atoms with Gasteiger partial charge in [-0.25, -0.2) is 0 Å². The van der Waals surface area contributed by atoms with Crippen LogP contribution < -0.4 is 0 Å². The predicted molar refractivity (Wildman–Crippen MR) is 72.6 cm³/mol. The second kappa shape index (κ2) is 7.12. The molecule has 0 aromatic rings. The van der Waals surface area contributed by atoms with E-state index >= 15 is 0 Å². The number of rotatable bonds is 6. The molecule has 1 fully saturated rings. The Morgan fingerprint density at radius 1 is 1.00 bits per heavy atom. The fourth-order valence-electron chi connectivity index (χ4n) is 2.28. The minimum atomic E-state index is -1.83. The SMILES string of the molecule is COC[C@H]1O[C@H](O)[C@H](O[Si](C)(C)C)[C@@H](OC)[C@@H]1OC. The molecule has 0 aromatic heterocycles. The van der Waals surface area contributed by atoms with Crippen LogP contribution in [0.5, 0.6) is 0 Å². The molecule has 0 radical (unpaired) electrons. The lowest BCUT2D eigenvalue weighted by Gasteiger charge is -2.45. The number of methoxy groups -OCH3 is 3. The van der Waals surface area contributed by atoms with E-state index in [9.17, 15) is 5.11 Å². The van der Waals surface area contributed by atoms with Crippen LogP contribution >= 0.6 is 0 Å². The van der Waals surface area contributed by atoms with Crippen molar-refractivity contribution in [1.82, 2.24) is 0 Å². The molecule has 7 heteroatoms. The van der Waals surface area contributed by atoms with Crippen LogP contribution in [0.4, 0.5) is 0 Å². The number of hydrogen-bond acceptors (Lipinski definition) is 6. The fraction of sp³-hybridized carbons (Fsp3) is 1.00. The Morgan fingerprint density at radius 2 is 1.58 bits per heavy atom. The Morgan fingerprint density at radius 3 is 2.00 bits per heavy atom. The summed E-state index contributed by atoms with van der Waals surface area (Å²) in [7, 11) is 2.92. The Kier molecular flexibility index (Phi) is 6.38. The van der Waals surface area contributed by atoms with Gasteiger partial charge in [0.05, 0.1) is 6.61 Å². The van der Waals surface area contributed by atoms with E-state index < -0.39 is 20.7 Å². The molecule has 1 heterocycles. The highest BCUT2D eigenvalue weighted by molar-refractivity contribution is 6.69. The first-order chi connectivity index (χ1) is 8.84. The molecular formula is C12H26O6Si. The predicted octanol–water partition coefficient (Wildman–Crippen LogP) is 0.600. The largest absolute Gasteiger partial charge is 0.407 e. The minimum absolute atomic E-state index is 0.328. The monoisotopic (exact) mass is 294 g/mol. The van der Waals surface area contributed by atoms with Gasteiger partial charge >= 0.3 is 0 Å². The molecule has 0 aliphatic carbocycles. The molecule has 1 saturated heterocycles. The van der Waals surface area contributed by atoms with Gasteiger partial charge in [0.1, 0.15) is 24.4 Å². The van der Waals surface area contributed by atoms with Crippen LogP contribution in [-0.2, 0) is 23.4 Å². The van der Waals surface area contributed by atoms with Gasteiger partial charge in [-0.15, -0.1) is 0 Å². The van der Waals surface area contributed by atoms with E-state index in [2.05, 4.69) is 19.6 Å². The molecular weight excluding hydrogens is 268 g/mol. The summed E-state index contributed by atoms with van der Waals surface area (Å²) in [6, 6.07) is 0. The number of aliphatic hydroxyl groups excluding tert-OH is 1. The van der Waals surface area contributed by atoms with Gasteiger partial charge in [0.25, 0.3) is 0 Å². The van der Waals surface area contributed by atoms with Gasteiger partial charge in [0, 0.05) is 21.3 Å². The molecule has 114 valence electrons. The quantitative estimate of drug-likeness (QED) is 0.724. The summed E-state index contributed by atoms with van der Waals surface area (Å²) in [6.45, 7) is 6.48. The van der Waals surface area contributed by atoms with Crippen LogP contribution in [0.2, 0.25) is 19.6 Å². The number of aliphatic hydroxyl groups is 1. The standard InChI is InChI=1S/C12H26O6Si/c1-14-7-8-9(15-2)10(16-3)11(12(13)17-8)18-19(4,5)6/h8-13H,7H2,1-6H3/t8-,9-,10+,11-,12+/m1/s1. The van der Waals surface area contributed by atoms with Gasteiger partial charge in [-0.3, -0.25) is 0 Å². The van der Waals surface area contributed by atoms with Crippen molar-refractivity contribution in [2.75, 3.05) is 27.9 Å². The van der Waals surface area contributed by atoms with Crippen molar-refractivity contribution in [3.63, 3.8) is 0 Å². The van der Waals surface area contributed by atoms with Crippen LogP contribution in [0.15, 0.2) is 0 Å². The maximum atomic E-state index is 10.1. The molecule has 1 rings (SSSR count).